The fourth-order valence-corrected chi connectivity index (χ4v) is 5.08. The summed E-state index contributed by atoms with van der Waals surface area (Å²) in [5.74, 6) is 2.17. The van der Waals surface area contributed by atoms with Crippen LogP contribution in [-0.2, 0) is 6.61 Å². The molecule has 0 spiro atoms. The van der Waals surface area contributed by atoms with Crippen LogP contribution in [0.3, 0.4) is 0 Å². The lowest BCUT2D eigenvalue weighted by molar-refractivity contribution is 0.284. The Bertz CT molecular complexity index is 1440. The van der Waals surface area contributed by atoms with Crippen LogP contribution in [0, 0.1) is 0 Å². The zero-order valence-corrected chi connectivity index (χ0v) is 21.8. The molecule has 0 unspecified atom stereocenters. The minimum atomic E-state index is -0.150. The summed E-state index contributed by atoms with van der Waals surface area (Å²) in [6.45, 7) is 0.431. The number of hydrogen-bond donors (Lipinski definition) is 0. The molecule has 7 heteroatoms. The number of hydrogen-bond acceptors (Lipinski definition) is 5. The van der Waals surface area contributed by atoms with Crippen LogP contribution in [-0.4, -0.2) is 23.0 Å². The molecular weight excluding hydrogens is 518 g/mol. The first-order valence-corrected chi connectivity index (χ1v) is 13.0. The summed E-state index contributed by atoms with van der Waals surface area (Å²) in [7, 11) is 1.61. The van der Waals surface area contributed by atoms with Crippen molar-refractivity contribution in [3.63, 3.8) is 0 Å². The van der Waals surface area contributed by atoms with Gasteiger partial charge in [-0.1, -0.05) is 61.7 Å². The normalized spacial score (nSPS) is 14.4. The zero-order chi connectivity index (χ0) is 24.9. The number of benzene rings is 3. The van der Waals surface area contributed by atoms with Crippen LogP contribution < -0.4 is 15.0 Å². The summed E-state index contributed by atoms with van der Waals surface area (Å²) in [5.41, 5.74) is 2.41. The first-order chi connectivity index (χ1) is 17.6. The summed E-state index contributed by atoms with van der Waals surface area (Å²) < 4.78 is 13.9. The lowest BCUT2D eigenvalue weighted by atomic mass is 9.88. The number of ether oxygens (including phenoxy) is 2. The van der Waals surface area contributed by atoms with Crippen LogP contribution in [0.25, 0.3) is 10.9 Å². The first kappa shape index (κ1) is 24.3. The average molecular weight is 546 g/mol. The molecule has 184 valence electrons. The molecule has 3 aromatic carbocycles. The van der Waals surface area contributed by atoms with Crippen LogP contribution in [0.2, 0.25) is 0 Å². The maximum absolute atomic E-state index is 13.4. The molecule has 4 aromatic rings. The molecule has 0 amide bonds. The molecule has 1 saturated carbocycles. The average Bonchev–Trinajstić information content (AvgIpc) is 2.93. The van der Waals surface area contributed by atoms with Crippen molar-refractivity contribution in [3.8, 4) is 11.5 Å². The molecule has 0 N–H and O–H groups in total. The van der Waals surface area contributed by atoms with Gasteiger partial charge in [-0.05, 0) is 58.6 Å². The van der Waals surface area contributed by atoms with Crippen molar-refractivity contribution in [2.75, 3.05) is 7.11 Å². The lowest BCUT2D eigenvalue weighted by Gasteiger charge is -2.22. The summed E-state index contributed by atoms with van der Waals surface area (Å²) in [6, 6.07) is 21.2. The molecule has 0 saturated heterocycles. The van der Waals surface area contributed by atoms with Crippen molar-refractivity contribution in [3.05, 3.63) is 98.5 Å². The Hall–Kier alpha value is -3.45. The molecule has 1 aromatic heterocycles. The van der Waals surface area contributed by atoms with Gasteiger partial charge < -0.3 is 9.47 Å². The fourth-order valence-electron chi connectivity index (χ4n) is 4.65. The van der Waals surface area contributed by atoms with Gasteiger partial charge in [0.1, 0.15) is 12.4 Å². The minimum absolute atomic E-state index is 0.150. The highest BCUT2D eigenvalue weighted by atomic mass is 79.9. The molecule has 1 heterocycles. The third kappa shape index (κ3) is 5.21. The maximum Gasteiger partial charge on any atom is 0.282 e. The van der Waals surface area contributed by atoms with Gasteiger partial charge in [0.15, 0.2) is 11.5 Å². The van der Waals surface area contributed by atoms with Gasteiger partial charge >= 0.3 is 0 Å². The van der Waals surface area contributed by atoms with Gasteiger partial charge in [-0.25, -0.2) is 4.98 Å². The molecule has 5 rings (SSSR count). The molecule has 0 radical (unpaired) electrons. The van der Waals surface area contributed by atoms with Gasteiger partial charge in [0, 0.05) is 16.0 Å². The largest absolute Gasteiger partial charge is 0.493 e. The van der Waals surface area contributed by atoms with Crippen LogP contribution in [0.1, 0.15) is 55.0 Å². The summed E-state index contributed by atoms with van der Waals surface area (Å²) >= 11 is 3.63. The number of fused-ring (bicyclic) bond motifs is 1. The standard InChI is InChI=1S/C29H28BrN3O3/c1-35-26-16-22(24(30)17-27(26)36-19-20-10-4-2-5-11-20)18-31-33-28(21-12-6-3-7-13-21)32-25-15-9-8-14-23(25)29(33)34/h2,4-5,8-11,14-18,21H,3,6-7,12-13,19H2,1H3. The predicted octanol–water partition coefficient (Wildman–Crippen LogP) is 6.68. The van der Waals surface area contributed by atoms with E-state index in [0.29, 0.717) is 23.5 Å². The minimum Gasteiger partial charge on any atom is -0.493 e. The van der Waals surface area contributed by atoms with E-state index in [-0.39, 0.29) is 11.5 Å². The smallest absolute Gasteiger partial charge is 0.282 e. The van der Waals surface area contributed by atoms with Gasteiger partial charge in [-0.15, -0.1) is 0 Å². The summed E-state index contributed by atoms with van der Waals surface area (Å²) in [4.78, 5) is 18.3. The van der Waals surface area contributed by atoms with E-state index in [1.165, 1.54) is 11.1 Å². The molecular formula is C29H28BrN3O3. The van der Waals surface area contributed by atoms with E-state index >= 15 is 0 Å². The monoisotopic (exact) mass is 545 g/mol. The van der Waals surface area contributed by atoms with E-state index in [1.807, 2.05) is 60.7 Å². The highest BCUT2D eigenvalue weighted by Gasteiger charge is 2.22. The third-order valence-corrected chi connectivity index (χ3v) is 7.27. The lowest BCUT2D eigenvalue weighted by Crippen LogP contribution is -2.25. The molecule has 1 aliphatic rings. The number of methoxy groups -OCH3 is 1. The van der Waals surface area contributed by atoms with Crippen molar-refractivity contribution in [1.82, 2.24) is 9.66 Å². The Kier molecular flexibility index (Phi) is 7.47. The number of para-hydroxylation sites is 1. The quantitative estimate of drug-likeness (QED) is 0.243. The van der Waals surface area contributed by atoms with E-state index in [1.54, 1.807) is 19.4 Å². The molecule has 1 fully saturated rings. The van der Waals surface area contributed by atoms with E-state index < -0.39 is 0 Å². The Morgan fingerprint density at radius 3 is 2.56 bits per heavy atom. The topological polar surface area (TPSA) is 65.7 Å². The Labute approximate surface area is 218 Å². The van der Waals surface area contributed by atoms with E-state index in [9.17, 15) is 4.79 Å². The zero-order valence-electron chi connectivity index (χ0n) is 20.2. The maximum atomic E-state index is 13.4. The van der Waals surface area contributed by atoms with Crippen molar-refractivity contribution in [2.24, 2.45) is 5.10 Å². The van der Waals surface area contributed by atoms with Gasteiger partial charge in [0.05, 0.1) is 24.2 Å². The second-order valence-electron chi connectivity index (χ2n) is 8.98. The Morgan fingerprint density at radius 2 is 1.78 bits per heavy atom. The number of nitrogens with zero attached hydrogens (tertiary/aromatic N) is 3. The molecule has 1 aliphatic carbocycles. The van der Waals surface area contributed by atoms with Crippen molar-refractivity contribution >= 4 is 33.0 Å². The van der Waals surface area contributed by atoms with Gasteiger partial charge in [0.25, 0.3) is 5.56 Å². The number of rotatable bonds is 7. The number of halogens is 1. The van der Waals surface area contributed by atoms with Crippen LogP contribution in [0.5, 0.6) is 11.5 Å². The fraction of sp³-hybridized carbons (Fsp3) is 0.276. The van der Waals surface area contributed by atoms with Crippen molar-refractivity contribution in [1.29, 1.82) is 0 Å². The number of aromatic nitrogens is 2. The van der Waals surface area contributed by atoms with E-state index in [0.717, 1.165) is 52.6 Å². The van der Waals surface area contributed by atoms with Crippen LogP contribution in [0.15, 0.2) is 81.1 Å². The van der Waals surface area contributed by atoms with Gasteiger partial charge in [-0.2, -0.15) is 9.78 Å². The highest BCUT2D eigenvalue weighted by molar-refractivity contribution is 9.10. The van der Waals surface area contributed by atoms with Gasteiger partial charge in [0.2, 0.25) is 0 Å². The summed E-state index contributed by atoms with van der Waals surface area (Å²) in [6.07, 6.45) is 7.23. The Balaban J connectivity index is 1.49. The Morgan fingerprint density at radius 1 is 1.03 bits per heavy atom. The second-order valence-corrected chi connectivity index (χ2v) is 9.84. The SMILES string of the molecule is COc1cc(C=Nn2c(C3CCCCC3)nc3ccccc3c2=O)c(Br)cc1OCc1ccccc1. The predicted molar refractivity (Wildman–Crippen MR) is 146 cm³/mol. The molecule has 0 atom stereocenters. The first-order valence-electron chi connectivity index (χ1n) is 12.2. The van der Waals surface area contributed by atoms with Gasteiger partial charge in [-0.3, -0.25) is 4.79 Å². The molecule has 36 heavy (non-hydrogen) atoms. The van der Waals surface area contributed by atoms with Crippen molar-refractivity contribution < 1.29 is 9.47 Å². The van der Waals surface area contributed by atoms with Crippen molar-refractivity contribution in [2.45, 2.75) is 44.6 Å². The molecule has 0 bridgehead atoms. The second kappa shape index (κ2) is 11.1. The van der Waals surface area contributed by atoms with Crippen LogP contribution in [0.4, 0.5) is 0 Å². The van der Waals surface area contributed by atoms with Crippen LogP contribution >= 0.6 is 15.9 Å². The molecule has 6 nitrogen and oxygen atoms in total. The third-order valence-electron chi connectivity index (χ3n) is 6.58. The highest BCUT2D eigenvalue weighted by Crippen LogP contribution is 2.34. The molecule has 0 aliphatic heterocycles. The van der Waals surface area contributed by atoms with E-state index in [2.05, 4.69) is 21.0 Å². The summed E-state index contributed by atoms with van der Waals surface area (Å²) in [5, 5.41) is 5.22. The van der Waals surface area contributed by atoms with E-state index in [4.69, 9.17) is 14.5 Å².